The van der Waals surface area contributed by atoms with Crippen molar-refractivity contribution in [3.8, 4) is 5.75 Å². The van der Waals surface area contributed by atoms with Crippen LogP contribution in [-0.4, -0.2) is 23.3 Å². The Morgan fingerprint density at radius 2 is 2.06 bits per heavy atom. The fraction of sp³-hybridized carbons (Fsp3) is 0.417. The number of halogens is 1. The molecule has 94 valence electrons. The first-order valence-corrected chi connectivity index (χ1v) is 6.72. The van der Waals surface area contributed by atoms with Crippen LogP contribution in [0, 0.1) is 0 Å². The lowest BCUT2D eigenvalue weighted by Crippen LogP contribution is -2.07. The van der Waals surface area contributed by atoms with Crippen molar-refractivity contribution in [2.24, 2.45) is 5.16 Å². The zero-order valence-corrected chi connectivity index (χ0v) is 12.7. The van der Waals surface area contributed by atoms with Crippen LogP contribution in [0.3, 0.4) is 0 Å². The quantitative estimate of drug-likeness (QED) is 0.394. The molecule has 0 atom stereocenters. The molecule has 0 aliphatic heterocycles. The third-order valence-corrected chi connectivity index (χ3v) is 3.70. The van der Waals surface area contributed by atoms with Gasteiger partial charge in [0.05, 0.1) is 17.8 Å². The van der Waals surface area contributed by atoms with Crippen molar-refractivity contribution >= 4 is 33.9 Å². The third kappa shape index (κ3) is 4.24. The summed E-state index contributed by atoms with van der Waals surface area (Å²) in [5, 5.41) is 11.8. The van der Waals surface area contributed by atoms with Crippen molar-refractivity contribution in [1.29, 1.82) is 0 Å². The molecule has 0 saturated carbocycles. The molecule has 0 aromatic heterocycles. The minimum atomic E-state index is 0.0894. The summed E-state index contributed by atoms with van der Waals surface area (Å²) in [6.45, 7) is 6.40. The molecular formula is C12H16BrNO2S. The van der Waals surface area contributed by atoms with Gasteiger partial charge in [0.25, 0.3) is 0 Å². The molecule has 0 spiro atoms. The number of benzene rings is 1. The van der Waals surface area contributed by atoms with Crippen LogP contribution in [0.2, 0.25) is 0 Å². The number of nitrogens with zero attached hydrogens (tertiary/aromatic N) is 1. The van der Waals surface area contributed by atoms with Gasteiger partial charge in [0.2, 0.25) is 0 Å². The van der Waals surface area contributed by atoms with E-state index in [4.69, 9.17) is 9.94 Å². The van der Waals surface area contributed by atoms with Gasteiger partial charge in [-0.1, -0.05) is 25.9 Å². The predicted octanol–water partition coefficient (Wildman–Crippen LogP) is 4.16. The first kappa shape index (κ1) is 14.4. The molecule has 1 N–H and O–H groups in total. The second-order valence-electron chi connectivity index (χ2n) is 4.48. The van der Waals surface area contributed by atoms with E-state index in [0.717, 1.165) is 20.7 Å². The Balaban J connectivity index is 3.23. The van der Waals surface area contributed by atoms with Gasteiger partial charge < -0.3 is 9.94 Å². The van der Waals surface area contributed by atoms with Gasteiger partial charge in [-0.15, -0.1) is 11.8 Å². The summed E-state index contributed by atoms with van der Waals surface area (Å²) in [7, 11) is 1.61. The van der Waals surface area contributed by atoms with Gasteiger partial charge in [-0.05, 0) is 28.1 Å². The van der Waals surface area contributed by atoms with Gasteiger partial charge in [0, 0.05) is 15.2 Å². The molecule has 0 aliphatic carbocycles. The van der Waals surface area contributed by atoms with Crippen molar-refractivity contribution in [2.45, 2.75) is 30.4 Å². The fourth-order valence-corrected chi connectivity index (χ4v) is 3.01. The van der Waals surface area contributed by atoms with Gasteiger partial charge in [0.15, 0.2) is 0 Å². The van der Waals surface area contributed by atoms with Crippen molar-refractivity contribution in [1.82, 2.24) is 0 Å². The van der Waals surface area contributed by atoms with E-state index in [-0.39, 0.29) is 4.75 Å². The molecule has 0 heterocycles. The van der Waals surface area contributed by atoms with Crippen LogP contribution in [0.25, 0.3) is 0 Å². The van der Waals surface area contributed by atoms with Crippen LogP contribution in [0.1, 0.15) is 26.3 Å². The number of oxime groups is 1. The van der Waals surface area contributed by atoms with Crippen LogP contribution in [0.5, 0.6) is 5.75 Å². The lowest BCUT2D eigenvalue weighted by Gasteiger charge is -2.19. The van der Waals surface area contributed by atoms with Crippen LogP contribution in [0.4, 0.5) is 0 Å². The highest BCUT2D eigenvalue weighted by Gasteiger charge is 2.16. The van der Waals surface area contributed by atoms with Gasteiger partial charge in [-0.25, -0.2) is 0 Å². The van der Waals surface area contributed by atoms with E-state index in [1.165, 1.54) is 6.21 Å². The summed E-state index contributed by atoms with van der Waals surface area (Å²) < 4.78 is 6.20. The Labute approximate surface area is 114 Å². The smallest absolute Gasteiger partial charge is 0.133 e. The summed E-state index contributed by atoms with van der Waals surface area (Å²) >= 11 is 5.17. The Hall–Kier alpha value is -0.680. The van der Waals surface area contributed by atoms with Crippen LogP contribution < -0.4 is 4.74 Å². The molecule has 0 radical (unpaired) electrons. The van der Waals surface area contributed by atoms with E-state index in [9.17, 15) is 0 Å². The molecule has 17 heavy (non-hydrogen) atoms. The lowest BCUT2D eigenvalue weighted by atomic mass is 10.2. The maximum Gasteiger partial charge on any atom is 0.133 e. The minimum Gasteiger partial charge on any atom is -0.496 e. The standard InChI is InChI=1S/C12H16BrNO2S/c1-12(2,3)17-11-6-9(13)10(16-4)5-8(11)7-14-15/h5-7,15H,1-4H3. The van der Waals surface area contributed by atoms with Crippen LogP contribution >= 0.6 is 27.7 Å². The van der Waals surface area contributed by atoms with E-state index in [2.05, 4.69) is 41.9 Å². The van der Waals surface area contributed by atoms with E-state index >= 15 is 0 Å². The van der Waals surface area contributed by atoms with Crippen molar-refractivity contribution in [3.05, 3.63) is 22.2 Å². The predicted molar refractivity (Wildman–Crippen MR) is 75.7 cm³/mol. The number of methoxy groups -OCH3 is 1. The molecule has 0 amide bonds. The normalized spacial score (nSPS) is 12.1. The molecule has 1 aromatic rings. The molecule has 0 unspecified atom stereocenters. The third-order valence-electron chi connectivity index (χ3n) is 1.90. The van der Waals surface area contributed by atoms with Gasteiger partial charge in [-0.3, -0.25) is 0 Å². The monoisotopic (exact) mass is 317 g/mol. The Kier molecular flexibility index (Phi) is 4.89. The molecule has 0 saturated heterocycles. The summed E-state index contributed by atoms with van der Waals surface area (Å²) in [6, 6.07) is 3.82. The average Bonchev–Trinajstić information content (AvgIpc) is 2.20. The highest BCUT2D eigenvalue weighted by atomic mass is 79.9. The molecule has 3 nitrogen and oxygen atoms in total. The molecule has 1 aromatic carbocycles. The molecule has 0 bridgehead atoms. The largest absolute Gasteiger partial charge is 0.496 e. The fourth-order valence-electron chi connectivity index (χ4n) is 1.29. The summed E-state index contributed by atoms with van der Waals surface area (Å²) in [5.74, 6) is 0.721. The Morgan fingerprint density at radius 3 is 2.53 bits per heavy atom. The number of thioether (sulfide) groups is 1. The zero-order valence-electron chi connectivity index (χ0n) is 10.3. The SMILES string of the molecule is COc1cc(C=NO)c(SC(C)(C)C)cc1Br. The maximum atomic E-state index is 8.68. The molecule has 5 heteroatoms. The molecule has 0 aliphatic rings. The number of hydrogen-bond donors (Lipinski definition) is 1. The number of hydrogen-bond acceptors (Lipinski definition) is 4. The van der Waals surface area contributed by atoms with Gasteiger partial charge in [0.1, 0.15) is 5.75 Å². The first-order valence-electron chi connectivity index (χ1n) is 5.11. The van der Waals surface area contributed by atoms with Crippen LogP contribution in [-0.2, 0) is 0 Å². The zero-order chi connectivity index (χ0) is 13.1. The van der Waals surface area contributed by atoms with E-state index in [0.29, 0.717) is 0 Å². The second-order valence-corrected chi connectivity index (χ2v) is 7.21. The molecule has 0 fully saturated rings. The Bertz CT molecular complexity index is 427. The number of rotatable bonds is 3. The summed E-state index contributed by atoms with van der Waals surface area (Å²) in [5.41, 5.74) is 0.840. The van der Waals surface area contributed by atoms with E-state index < -0.39 is 0 Å². The van der Waals surface area contributed by atoms with Gasteiger partial charge >= 0.3 is 0 Å². The van der Waals surface area contributed by atoms with Crippen LogP contribution in [0.15, 0.2) is 26.7 Å². The highest BCUT2D eigenvalue weighted by Crippen LogP contribution is 2.38. The summed E-state index contributed by atoms with van der Waals surface area (Å²) in [6.07, 6.45) is 1.42. The van der Waals surface area contributed by atoms with Crippen molar-refractivity contribution < 1.29 is 9.94 Å². The second kappa shape index (κ2) is 5.78. The Morgan fingerprint density at radius 1 is 1.41 bits per heavy atom. The molecule has 1 rings (SSSR count). The van der Waals surface area contributed by atoms with E-state index in [1.54, 1.807) is 18.9 Å². The maximum absolute atomic E-state index is 8.68. The topological polar surface area (TPSA) is 41.8 Å². The average molecular weight is 318 g/mol. The van der Waals surface area contributed by atoms with Gasteiger partial charge in [-0.2, -0.15) is 0 Å². The van der Waals surface area contributed by atoms with E-state index in [1.807, 2.05) is 12.1 Å². The highest BCUT2D eigenvalue weighted by molar-refractivity contribution is 9.10. The minimum absolute atomic E-state index is 0.0894. The molecular weight excluding hydrogens is 302 g/mol. The van der Waals surface area contributed by atoms with Crippen molar-refractivity contribution in [3.63, 3.8) is 0 Å². The first-order chi connectivity index (χ1) is 7.87. The van der Waals surface area contributed by atoms with Crippen molar-refractivity contribution in [2.75, 3.05) is 7.11 Å². The summed E-state index contributed by atoms with van der Waals surface area (Å²) in [4.78, 5) is 1.04. The lowest BCUT2D eigenvalue weighted by molar-refractivity contribution is 0.321. The number of ether oxygens (including phenoxy) is 1.